The fourth-order valence-corrected chi connectivity index (χ4v) is 3.63. The number of hydrogen-bond donors (Lipinski definition) is 1. The summed E-state index contributed by atoms with van der Waals surface area (Å²) in [6.07, 6.45) is -0.223. The predicted molar refractivity (Wildman–Crippen MR) is 98.8 cm³/mol. The number of thiazole rings is 1. The van der Waals surface area contributed by atoms with Crippen LogP contribution in [0.2, 0.25) is 0 Å². The van der Waals surface area contributed by atoms with Crippen molar-refractivity contribution in [3.8, 4) is 0 Å². The Labute approximate surface area is 153 Å². The molecule has 0 aliphatic carbocycles. The third kappa shape index (κ3) is 4.23. The first-order valence-corrected chi connectivity index (χ1v) is 8.80. The zero-order valence-electron chi connectivity index (χ0n) is 14.3. The summed E-state index contributed by atoms with van der Waals surface area (Å²) in [5.41, 5.74) is 3.23. The molecule has 26 heavy (non-hydrogen) atoms. The van der Waals surface area contributed by atoms with Crippen molar-refractivity contribution in [2.24, 2.45) is 0 Å². The lowest BCUT2D eigenvalue weighted by Gasteiger charge is -2.05. The molecule has 1 N–H and O–H groups in total. The highest BCUT2D eigenvalue weighted by Gasteiger charge is 2.13. The smallest absolute Gasteiger partial charge is 0.310 e. The van der Waals surface area contributed by atoms with Crippen LogP contribution in [0.1, 0.15) is 16.7 Å². The second kappa shape index (κ2) is 7.61. The van der Waals surface area contributed by atoms with E-state index in [9.17, 15) is 14.0 Å². The molecule has 5 nitrogen and oxygen atoms in total. The maximum Gasteiger partial charge on any atom is 0.310 e. The molecule has 0 unspecified atom stereocenters. The van der Waals surface area contributed by atoms with Gasteiger partial charge in [0.1, 0.15) is 5.82 Å². The van der Waals surface area contributed by atoms with Crippen molar-refractivity contribution in [3.05, 3.63) is 58.9 Å². The summed E-state index contributed by atoms with van der Waals surface area (Å²) in [7, 11) is 0. The first-order chi connectivity index (χ1) is 12.4. The Morgan fingerprint density at radius 2 is 2.00 bits per heavy atom. The van der Waals surface area contributed by atoms with Crippen LogP contribution < -0.4 is 5.32 Å². The quantitative estimate of drug-likeness (QED) is 0.692. The van der Waals surface area contributed by atoms with Crippen LogP contribution in [-0.4, -0.2) is 23.5 Å². The molecule has 3 rings (SSSR count). The average molecular weight is 372 g/mol. The number of halogens is 1. The molecule has 0 fully saturated rings. The van der Waals surface area contributed by atoms with E-state index >= 15 is 0 Å². The zero-order valence-corrected chi connectivity index (χ0v) is 15.2. The number of fused-ring (bicyclic) bond motifs is 1. The zero-order chi connectivity index (χ0) is 18.7. The molecule has 0 aliphatic rings. The van der Waals surface area contributed by atoms with Gasteiger partial charge in [0.15, 0.2) is 11.7 Å². The summed E-state index contributed by atoms with van der Waals surface area (Å²) < 4.78 is 19.4. The highest BCUT2D eigenvalue weighted by atomic mass is 32.1. The number of carbonyl (C=O) groups excluding carboxylic acids is 2. The number of nitrogens with one attached hydrogen (secondary N) is 1. The minimum Gasteiger partial charge on any atom is -0.455 e. The average Bonchev–Trinajstić information content (AvgIpc) is 2.97. The minimum absolute atomic E-state index is 0.223. The molecule has 1 aromatic heterocycles. The lowest BCUT2D eigenvalue weighted by molar-refractivity contribution is -0.146. The van der Waals surface area contributed by atoms with Gasteiger partial charge in [-0.2, -0.15) is 0 Å². The van der Waals surface area contributed by atoms with Crippen LogP contribution in [0, 0.1) is 19.7 Å². The van der Waals surface area contributed by atoms with E-state index in [2.05, 4.69) is 10.3 Å². The normalized spacial score (nSPS) is 10.7. The summed E-state index contributed by atoms with van der Waals surface area (Å²) in [5, 5.41) is 3.07. The van der Waals surface area contributed by atoms with Gasteiger partial charge in [0.25, 0.3) is 5.91 Å². The first kappa shape index (κ1) is 18.0. The number of ether oxygens (including phenoxy) is 1. The fourth-order valence-electron chi connectivity index (χ4n) is 2.57. The van der Waals surface area contributed by atoms with Gasteiger partial charge in [-0.15, -0.1) is 0 Å². The molecule has 1 amide bonds. The number of hydrogen-bond acceptors (Lipinski definition) is 5. The largest absolute Gasteiger partial charge is 0.455 e. The molecule has 134 valence electrons. The second-order valence-electron chi connectivity index (χ2n) is 5.92. The summed E-state index contributed by atoms with van der Waals surface area (Å²) in [5.74, 6) is -1.63. The topological polar surface area (TPSA) is 68.3 Å². The van der Waals surface area contributed by atoms with Crippen molar-refractivity contribution >= 4 is 38.6 Å². The number of aryl methyl sites for hydroxylation is 2. The minimum atomic E-state index is -0.666. The molecule has 2 aromatic carbocycles. The Bertz CT molecular complexity index is 984. The first-order valence-electron chi connectivity index (χ1n) is 7.99. The van der Waals surface area contributed by atoms with Crippen molar-refractivity contribution in [2.75, 3.05) is 11.9 Å². The van der Waals surface area contributed by atoms with Crippen LogP contribution in [0.4, 0.5) is 9.52 Å². The standard InChI is InChI=1S/C19H17FN2O3S/c1-11-7-12(2)18-15(8-11)26-19(22-18)21-16(23)10-25-17(24)9-13-5-3-4-6-14(13)20/h3-8H,9-10H2,1-2H3,(H,21,22,23). The van der Waals surface area contributed by atoms with E-state index in [1.54, 1.807) is 12.1 Å². The van der Waals surface area contributed by atoms with Crippen LogP contribution in [0.3, 0.4) is 0 Å². The number of anilines is 1. The van der Waals surface area contributed by atoms with Crippen molar-refractivity contribution in [1.82, 2.24) is 4.98 Å². The number of rotatable bonds is 5. The van der Waals surface area contributed by atoms with Crippen LogP contribution in [0.15, 0.2) is 36.4 Å². The van der Waals surface area contributed by atoms with Gasteiger partial charge in [-0.25, -0.2) is 9.37 Å². The SMILES string of the molecule is Cc1cc(C)c2nc(NC(=O)COC(=O)Cc3ccccc3F)sc2c1. The Morgan fingerprint density at radius 1 is 1.23 bits per heavy atom. The highest BCUT2D eigenvalue weighted by Crippen LogP contribution is 2.29. The maximum atomic E-state index is 13.5. The monoisotopic (exact) mass is 372 g/mol. The van der Waals surface area contributed by atoms with Gasteiger partial charge in [-0.05, 0) is 42.7 Å². The molecular weight excluding hydrogens is 355 g/mol. The van der Waals surface area contributed by atoms with Crippen LogP contribution in [-0.2, 0) is 20.7 Å². The van der Waals surface area contributed by atoms with Crippen molar-refractivity contribution in [3.63, 3.8) is 0 Å². The van der Waals surface area contributed by atoms with Crippen LogP contribution in [0.25, 0.3) is 10.2 Å². The summed E-state index contributed by atoms with van der Waals surface area (Å²) in [6, 6.07) is 9.98. The van der Waals surface area contributed by atoms with Gasteiger partial charge in [0, 0.05) is 0 Å². The third-order valence-corrected chi connectivity index (χ3v) is 4.65. The van der Waals surface area contributed by atoms with E-state index in [1.807, 2.05) is 26.0 Å². The number of amides is 1. The molecule has 0 aliphatic heterocycles. The molecule has 0 saturated heterocycles. The molecule has 3 aromatic rings. The Hall–Kier alpha value is -2.80. The van der Waals surface area contributed by atoms with Gasteiger partial charge in [0.2, 0.25) is 0 Å². The molecule has 0 bridgehead atoms. The van der Waals surface area contributed by atoms with Gasteiger partial charge < -0.3 is 4.74 Å². The van der Waals surface area contributed by atoms with Gasteiger partial charge in [-0.3, -0.25) is 14.9 Å². The molecule has 1 heterocycles. The molecule has 0 saturated carbocycles. The second-order valence-corrected chi connectivity index (χ2v) is 6.96. The maximum absolute atomic E-state index is 13.5. The third-order valence-electron chi connectivity index (χ3n) is 3.73. The lowest BCUT2D eigenvalue weighted by Crippen LogP contribution is -2.21. The summed E-state index contributed by atoms with van der Waals surface area (Å²) in [6.45, 7) is 3.52. The Kier molecular flexibility index (Phi) is 5.27. The van der Waals surface area contributed by atoms with E-state index in [0.29, 0.717) is 5.13 Å². The van der Waals surface area contributed by atoms with E-state index in [1.165, 1.54) is 23.5 Å². The van der Waals surface area contributed by atoms with E-state index in [4.69, 9.17) is 4.74 Å². The number of carbonyl (C=O) groups is 2. The lowest BCUT2D eigenvalue weighted by atomic mass is 10.1. The number of aromatic nitrogens is 1. The molecule has 0 radical (unpaired) electrons. The van der Waals surface area contributed by atoms with Crippen molar-refractivity contribution in [1.29, 1.82) is 0 Å². The Balaban J connectivity index is 1.56. The van der Waals surface area contributed by atoms with Crippen molar-refractivity contribution in [2.45, 2.75) is 20.3 Å². The summed E-state index contributed by atoms with van der Waals surface area (Å²) in [4.78, 5) is 28.1. The van der Waals surface area contributed by atoms with Crippen LogP contribution >= 0.6 is 11.3 Å². The number of benzene rings is 2. The fraction of sp³-hybridized carbons (Fsp3) is 0.211. The molecule has 7 heteroatoms. The molecule has 0 spiro atoms. The number of nitrogens with zero attached hydrogens (tertiary/aromatic N) is 1. The number of esters is 1. The predicted octanol–water partition coefficient (Wildman–Crippen LogP) is 3.78. The van der Waals surface area contributed by atoms with Gasteiger partial charge >= 0.3 is 5.97 Å². The Morgan fingerprint density at radius 3 is 2.77 bits per heavy atom. The van der Waals surface area contributed by atoms with Gasteiger partial charge in [-0.1, -0.05) is 35.6 Å². The summed E-state index contributed by atoms with van der Waals surface area (Å²) >= 11 is 1.36. The molecule has 0 atom stereocenters. The van der Waals surface area contributed by atoms with Crippen molar-refractivity contribution < 1.29 is 18.7 Å². The molecular formula is C19H17FN2O3S. The van der Waals surface area contributed by atoms with E-state index in [-0.39, 0.29) is 12.0 Å². The highest BCUT2D eigenvalue weighted by molar-refractivity contribution is 7.22. The van der Waals surface area contributed by atoms with Gasteiger partial charge in [0.05, 0.1) is 16.6 Å². The van der Waals surface area contributed by atoms with E-state index in [0.717, 1.165) is 21.3 Å². The van der Waals surface area contributed by atoms with Crippen LogP contribution in [0.5, 0.6) is 0 Å². The van der Waals surface area contributed by atoms with E-state index < -0.39 is 24.3 Å².